The van der Waals surface area contributed by atoms with Gasteiger partial charge in [-0.3, -0.25) is 4.79 Å². The van der Waals surface area contributed by atoms with Crippen LogP contribution in [0.2, 0.25) is 0 Å². The topological polar surface area (TPSA) is 58.6 Å². The second-order valence-corrected chi connectivity index (χ2v) is 9.81. The van der Waals surface area contributed by atoms with Crippen molar-refractivity contribution in [2.24, 2.45) is 11.8 Å². The summed E-state index contributed by atoms with van der Waals surface area (Å²) in [5.74, 6) is 0.775. The number of esters is 1. The first-order chi connectivity index (χ1) is 14.4. The normalized spacial score (nSPS) is 29.9. The van der Waals surface area contributed by atoms with Crippen LogP contribution in [-0.4, -0.2) is 42.5 Å². The molecule has 5 unspecified atom stereocenters. The van der Waals surface area contributed by atoms with E-state index in [1.165, 1.54) is 50.2 Å². The summed E-state index contributed by atoms with van der Waals surface area (Å²) in [4.78, 5) is 27.1. The van der Waals surface area contributed by atoms with Gasteiger partial charge in [-0.05, 0) is 74.4 Å². The molecule has 0 spiro atoms. The Kier molecular flexibility index (Phi) is 5.93. The quantitative estimate of drug-likeness (QED) is 0.590. The van der Waals surface area contributed by atoms with E-state index in [4.69, 9.17) is 4.74 Å². The average Bonchev–Trinajstić information content (AvgIpc) is 2.74. The average molecular weight is 413 g/mol. The van der Waals surface area contributed by atoms with Crippen molar-refractivity contribution in [3.05, 3.63) is 29.3 Å². The Hall–Kier alpha value is -1.88. The molecule has 1 heterocycles. The first-order valence-electron chi connectivity index (χ1n) is 11.7. The maximum absolute atomic E-state index is 12.9. The Morgan fingerprint density at radius 2 is 2.10 bits per heavy atom. The zero-order chi connectivity index (χ0) is 21.5. The number of likely N-dealkylation sites (N-methyl/N-ethyl adjacent to an activating group) is 1. The number of ether oxygens (including phenoxy) is 1. The SMILES string of the molecule is CCC(C)C(NC(C)=O)C(=O)Oc1ccc2c(c1)C13CCCCC1C(C2)N(C)CC3. The third-order valence-corrected chi connectivity index (χ3v) is 8.13. The molecule has 164 valence electrons. The number of carbonyl (C=O) groups is 2. The molecule has 1 N–H and O–H groups in total. The van der Waals surface area contributed by atoms with E-state index in [9.17, 15) is 9.59 Å². The number of piperidine rings is 1. The second-order valence-electron chi connectivity index (χ2n) is 9.81. The molecule has 5 heteroatoms. The lowest BCUT2D eigenvalue weighted by Crippen LogP contribution is -2.59. The van der Waals surface area contributed by atoms with Crippen LogP contribution in [-0.2, 0) is 21.4 Å². The Morgan fingerprint density at radius 3 is 2.83 bits per heavy atom. The van der Waals surface area contributed by atoms with Crippen LogP contribution in [0, 0.1) is 11.8 Å². The number of carbonyl (C=O) groups excluding carboxylic acids is 2. The zero-order valence-electron chi connectivity index (χ0n) is 18.9. The number of hydrogen-bond acceptors (Lipinski definition) is 4. The van der Waals surface area contributed by atoms with Gasteiger partial charge in [0.25, 0.3) is 0 Å². The number of nitrogens with one attached hydrogen (secondary N) is 1. The van der Waals surface area contributed by atoms with Gasteiger partial charge < -0.3 is 15.0 Å². The predicted octanol–water partition coefficient (Wildman–Crippen LogP) is 3.83. The maximum atomic E-state index is 12.9. The van der Waals surface area contributed by atoms with Gasteiger partial charge in [-0.25, -0.2) is 4.79 Å². The number of likely N-dealkylation sites (tertiary alicyclic amines) is 1. The molecule has 1 amide bonds. The molecule has 2 fully saturated rings. The fourth-order valence-corrected chi connectivity index (χ4v) is 6.31. The van der Waals surface area contributed by atoms with Crippen LogP contribution in [0.25, 0.3) is 0 Å². The third kappa shape index (κ3) is 3.66. The Morgan fingerprint density at radius 1 is 1.30 bits per heavy atom. The molecule has 3 aliphatic rings. The van der Waals surface area contributed by atoms with Gasteiger partial charge in [0.2, 0.25) is 5.91 Å². The van der Waals surface area contributed by atoms with Crippen molar-refractivity contribution < 1.29 is 14.3 Å². The lowest BCUT2D eigenvalue weighted by molar-refractivity contribution is -0.140. The molecule has 1 aliphatic heterocycles. The van der Waals surface area contributed by atoms with Gasteiger partial charge in [0.1, 0.15) is 11.8 Å². The largest absolute Gasteiger partial charge is 0.425 e. The molecular formula is C25H36N2O3. The molecule has 1 aromatic rings. The van der Waals surface area contributed by atoms with E-state index in [0.717, 1.165) is 19.4 Å². The van der Waals surface area contributed by atoms with Crippen LogP contribution < -0.4 is 10.1 Å². The van der Waals surface area contributed by atoms with Crippen LogP contribution in [0.15, 0.2) is 18.2 Å². The molecule has 30 heavy (non-hydrogen) atoms. The summed E-state index contributed by atoms with van der Waals surface area (Å²) in [7, 11) is 2.28. The summed E-state index contributed by atoms with van der Waals surface area (Å²) in [5.41, 5.74) is 3.07. The number of benzene rings is 1. The van der Waals surface area contributed by atoms with Crippen LogP contribution >= 0.6 is 0 Å². The van der Waals surface area contributed by atoms with Gasteiger partial charge in [-0.1, -0.05) is 39.2 Å². The summed E-state index contributed by atoms with van der Waals surface area (Å²) in [5, 5.41) is 2.78. The third-order valence-electron chi connectivity index (χ3n) is 8.13. The Bertz CT molecular complexity index is 823. The van der Waals surface area contributed by atoms with Gasteiger partial charge in [0.15, 0.2) is 0 Å². The molecule has 5 nitrogen and oxygen atoms in total. The van der Waals surface area contributed by atoms with E-state index >= 15 is 0 Å². The van der Waals surface area contributed by atoms with Crippen LogP contribution in [0.3, 0.4) is 0 Å². The Balaban J connectivity index is 1.63. The first kappa shape index (κ1) is 21.4. The van der Waals surface area contributed by atoms with Crippen LogP contribution in [0.5, 0.6) is 5.75 Å². The fourth-order valence-electron chi connectivity index (χ4n) is 6.31. The lowest BCUT2D eigenvalue weighted by Gasteiger charge is -2.58. The molecule has 1 saturated heterocycles. The van der Waals surface area contributed by atoms with Crippen molar-refractivity contribution in [3.63, 3.8) is 0 Å². The number of nitrogens with zero attached hydrogens (tertiary/aromatic N) is 1. The van der Waals surface area contributed by atoms with Crippen molar-refractivity contribution in [3.8, 4) is 5.75 Å². The van der Waals surface area contributed by atoms with Gasteiger partial charge in [-0.15, -0.1) is 0 Å². The molecule has 5 atom stereocenters. The minimum atomic E-state index is -0.614. The minimum Gasteiger partial charge on any atom is -0.425 e. The summed E-state index contributed by atoms with van der Waals surface area (Å²) < 4.78 is 5.84. The van der Waals surface area contributed by atoms with E-state index in [1.807, 2.05) is 19.9 Å². The van der Waals surface area contributed by atoms with Crippen molar-refractivity contribution in [1.82, 2.24) is 10.2 Å². The number of hydrogen-bond donors (Lipinski definition) is 1. The minimum absolute atomic E-state index is 0.0231. The standard InChI is InChI=1S/C25H36N2O3/c1-5-16(2)23(26-17(3)28)24(29)30-19-10-9-18-14-22-20-8-6-7-11-25(20,21(18)15-19)12-13-27(22)4/h9-10,15-16,20,22-23H,5-8,11-14H2,1-4H3,(H,26,28). The lowest BCUT2D eigenvalue weighted by atomic mass is 9.52. The van der Waals surface area contributed by atoms with Gasteiger partial charge in [0.05, 0.1) is 0 Å². The monoisotopic (exact) mass is 412 g/mol. The Labute approximate surface area is 180 Å². The summed E-state index contributed by atoms with van der Waals surface area (Å²) >= 11 is 0. The van der Waals surface area contributed by atoms with Gasteiger partial charge in [-0.2, -0.15) is 0 Å². The van der Waals surface area contributed by atoms with Gasteiger partial charge in [0, 0.05) is 18.4 Å². The van der Waals surface area contributed by atoms with E-state index in [0.29, 0.717) is 17.7 Å². The fraction of sp³-hybridized carbons (Fsp3) is 0.680. The van der Waals surface area contributed by atoms with Crippen molar-refractivity contribution >= 4 is 11.9 Å². The van der Waals surface area contributed by atoms with E-state index in [2.05, 4.69) is 29.4 Å². The summed E-state index contributed by atoms with van der Waals surface area (Å²) in [6.07, 6.45) is 8.24. The van der Waals surface area contributed by atoms with Gasteiger partial charge >= 0.3 is 5.97 Å². The molecule has 0 radical (unpaired) electrons. The highest BCUT2D eigenvalue weighted by Gasteiger charge is 2.53. The molecule has 1 aromatic carbocycles. The predicted molar refractivity (Wildman–Crippen MR) is 118 cm³/mol. The number of fused-ring (bicyclic) bond motifs is 1. The summed E-state index contributed by atoms with van der Waals surface area (Å²) in [6.45, 7) is 6.58. The van der Waals surface area contributed by atoms with Crippen molar-refractivity contribution in [1.29, 1.82) is 0 Å². The summed E-state index contributed by atoms with van der Waals surface area (Å²) in [6, 6.07) is 6.28. The molecular weight excluding hydrogens is 376 g/mol. The highest BCUT2D eigenvalue weighted by atomic mass is 16.5. The molecule has 0 aromatic heterocycles. The highest BCUT2D eigenvalue weighted by molar-refractivity contribution is 5.84. The number of rotatable bonds is 5. The molecule has 2 aliphatic carbocycles. The van der Waals surface area contributed by atoms with E-state index in [1.54, 1.807) is 0 Å². The van der Waals surface area contributed by atoms with Crippen LogP contribution in [0.4, 0.5) is 0 Å². The maximum Gasteiger partial charge on any atom is 0.334 e. The van der Waals surface area contributed by atoms with Crippen molar-refractivity contribution in [2.45, 2.75) is 83.2 Å². The zero-order valence-corrected chi connectivity index (χ0v) is 18.9. The van der Waals surface area contributed by atoms with Crippen molar-refractivity contribution in [2.75, 3.05) is 13.6 Å². The number of amides is 1. The molecule has 2 bridgehead atoms. The molecule has 4 rings (SSSR count). The molecule has 1 saturated carbocycles. The van der Waals surface area contributed by atoms with Crippen LogP contribution in [0.1, 0.15) is 70.4 Å². The second kappa shape index (κ2) is 8.33. The first-order valence-corrected chi connectivity index (χ1v) is 11.7. The highest BCUT2D eigenvalue weighted by Crippen LogP contribution is 2.55. The smallest absolute Gasteiger partial charge is 0.334 e. The van der Waals surface area contributed by atoms with E-state index < -0.39 is 6.04 Å². The van der Waals surface area contributed by atoms with E-state index in [-0.39, 0.29) is 23.2 Å².